The lowest BCUT2D eigenvalue weighted by molar-refractivity contribution is 0.174. The van der Waals surface area contributed by atoms with Crippen molar-refractivity contribution in [1.29, 1.82) is 0 Å². The van der Waals surface area contributed by atoms with Crippen molar-refractivity contribution in [2.45, 2.75) is 12.5 Å². The molecule has 0 radical (unpaired) electrons. The summed E-state index contributed by atoms with van der Waals surface area (Å²) in [6.45, 7) is 0.232. The highest BCUT2D eigenvalue weighted by Gasteiger charge is 2.31. The summed E-state index contributed by atoms with van der Waals surface area (Å²) in [7, 11) is 0. The maximum Gasteiger partial charge on any atom is 0.323 e. The molecule has 0 aromatic heterocycles. The molecule has 2 aliphatic rings. The molecular formula is C29H23ClN4O3. The van der Waals surface area contributed by atoms with E-state index in [0.29, 0.717) is 22.8 Å². The van der Waals surface area contributed by atoms with Crippen molar-refractivity contribution in [1.82, 2.24) is 0 Å². The minimum atomic E-state index is -0.330. The number of rotatable bonds is 5. The first-order chi connectivity index (χ1) is 18.1. The molecule has 2 aliphatic heterocycles. The molecule has 0 bridgehead atoms. The van der Waals surface area contributed by atoms with Crippen molar-refractivity contribution in [3.8, 4) is 11.5 Å². The maximum atomic E-state index is 12.6. The van der Waals surface area contributed by atoms with Crippen LogP contribution in [0.5, 0.6) is 11.5 Å². The van der Waals surface area contributed by atoms with Crippen LogP contribution in [0, 0.1) is 0 Å². The zero-order valence-electron chi connectivity index (χ0n) is 19.7. The number of hydrogen-bond donors (Lipinski definition) is 2. The van der Waals surface area contributed by atoms with E-state index >= 15 is 0 Å². The van der Waals surface area contributed by atoms with Gasteiger partial charge in [-0.1, -0.05) is 41.9 Å². The molecular weight excluding hydrogens is 488 g/mol. The van der Waals surface area contributed by atoms with Gasteiger partial charge in [-0.25, -0.2) is 4.79 Å². The van der Waals surface area contributed by atoms with Gasteiger partial charge in [0.2, 0.25) is 6.79 Å². The third kappa shape index (κ3) is 4.94. The van der Waals surface area contributed by atoms with Gasteiger partial charge in [0.1, 0.15) is 0 Å². The number of halogens is 1. The number of fused-ring (bicyclic) bond motifs is 1. The molecule has 0 aliphatic carbocycles. The second-order valence-electron chi connectivity index (χ2n) is 8.73. The van der Waals surface area contributed by atoms with Gasteiger partial charge in [-0.15, -0.1) is 0 Å². The van der Waals surface area contributed by atoms with Crippen molar-refractivity contribution in [2.24, 2.45) is 5.10 Å². The molecule has 7 nitrogen and oxygen atoms in total. The third-order valence-corrected chi connectivity index (χ3v) is 6.52. The normalized spacial score (nSPS) is 15.9. The summed E-state index contributed by atoms with van der Waals surface area (Å²) < 4.78 is 11.0. The fourth-order valence-corrected chi connectivity index (χ4v) is 4.62. The monoisotopic (exact) mass is 510 g/mol. The molecule has 2 amide bonds. The number of hydrogen-bond acceptors (Lipinski definition) is 5. The van der Waals surface area contributed by atoms with Crippen LogP contribution in [0.15, 0.2) is 102 Å². The van der Waals surface area contributed by atoms with E-state index in [2.05, 4.69) is 16.7 Å². The van der Waals surface area contributed by atoms with Gasteiger partial charge in [-0.2, -0.15) is 5.10 Å². The van der Waals surface area contributed by atoms with E-state index in [4.69, 9.17) is 26.2 Å². The second kappa shape index (κ2) is 9.87. The van der Waals surface area contributed by atoms with Gasteiger partial charge in [-0.3, -0.25) is 5.01 Å². The Balaban J connectivity index is 1.25. The minimum absolute atomic E-state index is 0.0519. The smallest absolute Gasteiger partial charge is 0.323 e. The number of anilines is 3. The van der Waals surface area contributed by atoms with Gasteiger partial charge in [0.05, 0.1) is 17.4 Å². The first-order valence-corrected chi connectivity index (χ1v) is 12.3. The van der Waals surface area contributed by atoms with E-state index in [9.17, 15) is 4.79 Å². The van der Waals surface area contributed by atoms with E-state index < -0.39 is 0 Å². The minimum Gasteiger partial charge on any atom is -0.454 e. The van der Waals surface area contributed by atoms with Gasteiger partial charge in [-0.05, 0) is 72.3 Å². The molecule has 8 heteroatoms. The van der Waals surface area contributed by atoms with Crippen molar-refractivity contribution in [2.75, 3.05) is 22.4 Å². The van der Waals surface area contributed by atoms with Gasteiger partial charge in [0, 0.05) is 28.4 Å². The average molecular weight is 511 g/mol. The zero-order chi connectivity index (χ0) is 25.2. The molecule has 0 saturated heterocycles. The number of amides is 2. The van der Waals surface area contributed by atoms with Crippen LogP contribution in [0.25, 0.3) is 0 Å². The fourth-order valence-electron chi connectivity index (χ4n) is 4.49. The van der Waals surface area contributed by atoms with Crippen LogP contribution in [0.4, 0.5) is 21.9 Å². The third-order valence-electron chi connectivity index (χ3n) is 6.27. The summed E-state index contributed by atoms with van der Waals surface area (Å²) in [5.41, 5.74) is 5.31. The summed E-state index contributed by atoms with van der Waals surface area (Å²) >= 11 is 5.93. The van der Waals surface area contributed by atoms with Gasteiger partial charge in [0.25, 0.3) is 0 Å². The van der Waals surface area contributed by atoms with Crippen LogP contribution in [0.3, 0.4) is 0 Å². The molecule has 0 spiro atoms. The van der Waals surface area contributed by atoms with Crippen LogP contribution >= 0.6 is 11.6 Å². The number of urea groups is 1. The van der Waals surface area contributed by atoms with E-state index in [1.54, 1.807) is 24.3 Å². The van der Waals surface area contributed by atoms with Crippen molar-refractivity contribution in [3.63, 3.8) is 0 Å². The summed E-state index contributed by atoms with van der Waals surface area (Å²) in [5, 5.41) is 13.4. The predicted octanol–water partition coefficient (Wildman–Crippen LogP) is 7.07. The molecule has 1 unspecified atom stereocenters. The summed E-state index contributed by atoms with van der Waals surface area (Å²) in [5.74, 6) is 1.47. The highest BCUT2D eigenvalue weighted by molar-refractivity contribution is 6.30. The quantitative estimate of drug-likeness (QED) is 0.301. The molecule has 4 aromatic rings. The molecule has 0 saturated carbocycles. The first-order valence-electron chi connectivity index (χ1n) is 11.9. The van der Waals surface area contributed by atoms with Gasteiger partial charge < -0.3 is 20.1 Å². The molecule has 0 fully saturated rings. The van der Waals surface area contributed by atoms with E-state index in [0.717, 1.165) is 34.0 Å². The zero-order valence-corrected chi connectivity index (χ0v) is 20.5. The Bertz CT molecular complexity index is 1470. The Hall–Kier alpha value is -4.49. The number of carbonyl (C=O) groups is 1. The summed E-state index contributed by atoms with van der Waals surface area (Å²) in [6.07, 6.45) is 0.689. The molecule has 184 valence electrons. The summed E-state index contributed by atoms with van der Waals surface area (Å²) in [4.78, 5) is 12.6. The van der Waals surface area contributed by atoms with Gasteiger partial charge in [0.15, 0.2) is 11.5 Å². The number of benzene rings is 4. The molecule has 4 aromatic carbocycles. The number of hydrazone groups is 1. The fraction of sp³-hybridized carbons (Fsp3) is 0.103. The number of carbonyl (C=O) groups excluding carboxylic acids is 1. The average Bonchev–Trinajstić information content (AvgIpc) is 3.58. The second-order valence-corrected chi connectivity index (χ2v) is 9.16. The first kappa shape index (κ1) is 22.9. The van der Waals surface area contributed by atoms with Crippen molar-refractivity contribution >= 4 is 40.4 Å². The van der Waals surface area contributed by atoms with Crippen molar-refractivity contribution < 1.29 is 14.3 Å². The highest BCUT2D eigenvalue weighted by atomic mass is 35.5. The standard InChI is InChI=1S/C29H23ClN4O3/c30-21-10-12-22(13-11-21)31-29(35)32-23-6-4-5-20(15-23)26-17-25(33-34(26)24-7-2-1-3-8-24)19-9-14-27-28(16-19)37-18-36-27/h1-16,26H,17-18H2,(H2,31,32,35). The summed E-state index contributed by atoms with van der Waals surface area (Å²) in [6, 6.07) is 30.4. The van der Waals surface area contributed by atoms with Crippen LogP contribution in [0.1, 0.15) is 23.6 Å². The van der Waals surface area contributed by atoms with E-state index in [1.807, 2.05) is 71.7 Å². The number of nitrogens with zero attached hydrogens (tertiary/aromatic N) is 2. The van der Waals surface area contributed by atoms with Crippen molar-refractivity contribution in [3.05, 3.63) is 113 Å². The molecule has 2 heterocycles. The highest BCUT2D eigenvalue weighted by Crippen LogP contribution is 2.39. The Morgan fingerprint density at radius 2 is 1.62 bits per heavy atom. The number of ether oxygens (including phenoxy) is 2. The van der Waals surface area contributed by atoms with Crippen LogP contribution < -0.4 is 25.1 Å². The molecule has 37 heavy (non-hydrogen) atoms. The topological polar surface area (TPSA) is 75.2 Å². The lowest BCUT2D eigenvalue weighted by Crippen LogP contribution is -2.21. The Labute approximate surface area is 219 Å². The molecule has 6 rings (SSSR count). The van der Waals surface area contributed by atoms with Crippen LogP contribution in [0.2, 0.25) is 5.02 Å². The lowest BCUT2D eigenvalue weighted by Gasteiger charge is -2.24. The predicted molar refractivity (Wildman–Crippen MR) is 146 cm³/mol. The molecule has 1 atom stereocenters. The maximum absolute atomic E-state index is 12.6. The van der Waals surface area contributed by atoms with Gasteiger partial charge >= 0.3 is 6.03 Å². The number of para-hydroxylation sites is 1. The Morgan fingerprint density at radius 3 is 2.46 bits per heavy atom. The number of nitrogens with one attached hydrogen (secondary N) is 2. The SMILES string of the molecule is O=C(Nc1ccc(Cl)cc1)Nc1cccc(C2CC(c3ccc4c(c3)OCO4)=NN2c2ccccc2)c1. The lowest BCUT2D eigenvalue weighted by atomic mass is 9.97. The van der Waals surface area contributed by atoms with E-state index in [-0.39, 0.29) is 18.9 Å². The Morgan fingerprint density at radius 1 is 0.838 bits per heavy atom. The molecule has 2 N–H and O–H groups in total. The largest absolute Gasteiger partial charge is 0.454 e. The Kier molecular flexibility index (Phi) is 6.12. The van der Waals surface area contributed by atoms with Crippen LogP contribution in [-0.2, 0) is 0 Å². The van der Waals surface area contributed by atoms with E-state index in [1.165, 1.54) is 0 Å². The van der Waals surface area contributed by atoms with Crippen LogP contribution in [-0.4, -0.2) is 18.5 Å².